The summed E-state index contributed by atoms with van der Waals surface area (Å²) in [5.74, 6) is 0.138. The van der Waals surface area contributed by atoms with Crippen LogP contribution in [-0.4, -0.2) is 19.6 Å². The van der Waals surface area contributed by atoms with Crippen molar-refractivity contribution in [3.8, 4) is 11.5 Å². The summed E-state index contributed by atoms with van der Waals surface area (Å²) in [5.41, 5.74) is 6.20. The minimum atomic E-state index is -0.417. The predicted octanol–water partition coefficient (Wildman–Crippen LogP) is 4.03. The van der Waals surface area contributed by atoms with Crippen molar-refractivity contribution in [2.45, 2.75) is 0 Å². The molecule has 0 aliphatic rings. The van der Waals surface area contributed by atoms with Crippen LogP contribution in [0.4, 0.5) is 4.39 Å². The minimum Gasteiger partial charge on any atom is -0.493 e. The standard InChI is InChI=1S/C17H15Br2FN2O3/c1-10(11-3-5-13(20)6-4-11)21-22-16(23)9-25-17-14(19)7-12(18)8-15(17)24-2/h3-8,21H,1,9H2,2H3,(H,22,23). The Bertz CT molecular complexity index is 782. The molecule has 0 spiro atoms. The highest BCUT2D eigenvalue weighted by Crippen LogP contribution is 2.38. The van der Waals surface area contributed by atoms with Crippen molar-refractivity contribution >= 4 is 43.5 Å². The fraction of sp³-hybridized carbons (Fsp3) is 0.118. The van der Waals surface area contributed by atoms with Gasteiger partial charge in [-0.2, -0.15) is 0 Å². The van der Waals surface area contributed by atoms with Crippen LogP contribution in [0.2, 0.25) is 0 Å². The maximum atomic E-state index is 12.9. The lowest BCUT2D eigenvalue weighted by Crippen LogP contribution is -2.39. The van der Waals surface area contributed by atoms with Gasteiger partial charge in [-0.3, -0.25) is 15.6 Å². The van der Waals surface area contributed by atoms with Crippen molar-refractivity contribution in [3.63, 3.8) is 0 Å². The highest BCUT2D eigenvalue weighted by Gasteiger charge is 2.13. The topological polar surface area (TPSA) is 59.6 Å². The van der Waals surface area contributed by atoms with Crippen LogP contribution in [0.5, 0.6) is 11.5 Å². The number of nitrogens with one attached hydrogen (secondary N) is 2. The Morgan fingerprint density at radius 2 is 1.88 bits per heavy atom. The summed E-state index contributed by atoms with van der Waals surface area (Å²) in [4.78, 5) is 11.9. The summed E-state index contributed by atoms with van der Waals surface area (Å²) in [5, 5.41) is 0. The SMILES string of the molecule is C=C(NNC(=O)COc1c(Br)cc(Br)cc1OC)c1ccc(F)cc1. The number of carbonyl (C=O) groups is 1. The van der Waals surface area contributed by atoms with Crippen molar-refractivity contribution in [1.82, 2.24) is 10.9 Å². The molecule has 0 aliphatic heterocycles. The number of hydrazine groups is 1. The largest absolute Gasteiger partial charge is 0.493 e. The third kappa shape index (κ3) is 5.47. The highest BCUT2D eigenvalue weighted by molar-refractivity contribution is 9.11. The number of carbonyl (C=O) groups excluding carboxylic acids is 1. The molecular formula is C17H15Br2FN2O3. The smallest absolute Gasteiger partial charge is 0.276 e. The van der Waals surface area contributed by atoms with E-state index in [1.54, 1.807) is 24.3 Å². The summed E-state index contributed by atoms with van der Waals surface area (Å²) in [6.45, 7) is 3.54. The van der Waals surface area contributed by atoms with E-state index in [9.17, 15) is 9.18 Å². The Morgan fingerprint density at radius 1 is 1.20 bits per heavy atom. The molecule has 0 atom stereocenters. The molecule has 5 nitrogen and oxygen atoms in total. The first kappa shape index (κ1) is 19.3. The van der Waals surface area contributed by atoms with Gasteiger partial charge < -0.3 is 9.47 Å². The molecule has 0 aromatic heterocycles. The molecule has 2 aromatic carbocycles. The van der Waals surface area contributed by atoms with Crippen molar-refractivity contribution in [1.29, 1.82) is 0 Å². The number of methoxy groups -OCH3 is 1. The van der Waals surface area contributed by atoms with E-state index in [-0.39, 0.29) is 12.4 Å². The van der Waals surface area contributed by atoms with E-state index >= 15 is 0 Å². The molecule has 1 amide bonds. The molecule has 132 valence electrons. The third-order valence-electron chi connectivity index (χ3n) is 3.09. The first-order valence-electron chi connectivity index (χ1n) is 7.06. The van der Waals surface area contributed by atoms with Gasteiger partial charge in [0.1, 0.15) is 5.82 Å². The Labute approximate surface area is 161 Å². The van der Waals surface area contributed by atoms with E-state index in [4.69, 9.17) is 9.47 Å². The van der Waals surface area contributed by atoms with Gasteiger partial charge in [0.15, 0.2) is 18.1 Å². The van der Waals surface area contributed by atoms with Gasteiger partial charge in [-0.25, -0.2) is 4.39 Å². The van der Waals surface area contributed by atoms with Crippen LogP contribution in [0.15, 0.2) is 51.9 Å². The summed E-state index contributed by atoms with van der Waals surface area (Å²) in [6, 6.07) is 9.24. The zero-order valence-electron chi connectivity index (χ0n) is 13.2. The Balaban J connectivity index is 1.89. The Morgan fingerprint density at radius 3 is 2.52 bits per heavy atom. The molecule has 25 heavy (non-hydrogen) atoms. The van der Waals surface area contributed by atoms with Crippen LogP contribution in [0, 0.1) is 5.82 Å². The fourth-order valence-electron chi connectivity index (χ4n) is 1.87. The molecule has 2 aromatic rings. The van der Waals surface area contributed by atoms with Crippen molar-refractivity contribution in [3.05, 3.63) is 63.3 Å². The van der Waals surface area contributed by atoms with Gasteiger partial charge in [0.25, 0.3) is 5.91 Å². The van der Waals surface area contributed by atoms with Crippen molar-refractivity contribution < 1.29 is 18.7 Å². The average molecular weight is 474 g/mol. The Hall–Kier alpha value is -2.06. The second-order valence-corrected chi connectivity index (χ2v) is 6.64. The van der Waals surface area contributed by atoms with Gasteiger partial charge in [-0.1, -0.05) is 22.5 Å². The lowest BCUT2D eigenvalue weighted by atomic mass is 10.2. The lowest BCUT2D eigenvalue weighted by Gasteiger charge is -2.14. The zero-order valence-corrected chi connectivity index (χ0v) is 16.4. The van der Waals surface area contributed by atoms with Gasteiger partial charge in [0, 0.05) is 4.47 Å². The zero-order chi connectivity index (χ0) is 18.4. The van der Waals surface area contributed by atoms with Gasteiger partial charge >= 0.3 is 0 Å². The molecule has 0 saturated heterocycles. The summed E-state index contributed by atoms with van der Waals surface area (Å²) >= 11 is 6.71. The van der Waals surface area contributed by atoms with Crippen LogP contribution in [0.1, 0.15) is 5.56 Å². The summed E-state index contributed by atoms with van der Waals surface area (Å²) in [6.07, 6.45) is 0. The molecule has 0 heterocycles. The lowest BCUT2D eigenvalue weighted by molar-refractivity contribution is -0.123. The molecule has 0 fully saturated rings. The normalized spacial score (nSPS) is 10.1. The molecule has 2 N–H and O–H groups in total. The molecule has 2 rings (SSSR count). The fourth-order valence-corrected chi connectivity index (χ4v) is 3.17. The minimum absolute atomic E-state index is 0.236. The second kappa shape index (κ2) is 8.87. The summed E-state index contributed by atoms with van der Waals surface area (Å²) < 4.78 is 25.1. The molecule has 0 radical (unpaired) electrons. The molecule has 0 aliphatic carbocycles. The van der Waals surface area contributed by atoms with Crippen LogP contribution in [0.3, 0.4) is 0 Å². The van der Waals surface area contributed by atoms with Gasteiger partial charge in [-0.15, -0.1) is 0 Å². The number of hydrogen-bond acceptors (Lipinski definition) is 4. The predicted molar refractivity (Wildman–Crippen MR) is 101 cm³/mol. The Kier molecular flexibility index (Phi) is 6.83. The van der Waals surface area contributed by atoms with E-state index in [0.717, 1.165) is 4.47 Å². The van der Waals surface area contributed by atoms with Crippen LogP contribution >= 0.6 is 31.9 Å². The van der Waals surface area contributed by atoms with Crippen molar-refractivity contribution in [2.75, 3.05) is 13.7 Å². The van der Waals surface area contributed by atoms with Crippen LogP contribution in [-0.2, 0) is 4.79 Å². The van der Waals surface area contributed by atoms with Gasteiger partial charge in [-0.05, 0) is 57.9 Å². The monoisotopic (exact) mass is 472 g/mol. The number of hydrogen-bond donors (Lipinski definition) is 2. The quantitative estimate of drug-likeness (QED) is 0.596. The second-order valence-electron chi connectivity index (χ2n) is 4.87. The van der Waals surface area contributed by atoms with E-state index < -0.39 is 5.91 Å². The number of benzene rings is 2. The highest BCUT2D eigenvalue weighted by atomic mass is 79.9. The number of rotatable bonds is 7. The first-order valence-corrected chi connectivity index (χ1v) is 8.65. The summed E-state index contributed by atoms with van der Waals surface area (Å²) in [7, 11) is 1.51. The maximum absolute atomic E-state index is 12.9. The first-order chi connectivity index (χ1) is 11.9. The number of ether oxygens (including phenoxy) is 2. The van der Waals surface area contributed by atoms with Gasteiger partial charge in [0.2, 0.25) is 0 Å². The van der Waals surface area contributed by atoms with Crippen molar-refractivity contribution in [2.24, 2.45) is 0 Å². The average Bonchev–Trinajstić information content (AvgIpc) is 2.58. The third-order valence-corrected chi connectivity index (χ3v) is 4.13. The molecule has 0 unspecified atom stereocenters. The number of amides is 1. The van der Waals surface area contributed by atoms with E-state index in [1.165, 1.54) is 19.2 Å². The molecule has 8 heteroatoms. The van der Waals surface area contributed by atoms with Gasteiger partial charge in [0.05, 0.1) is 17.3 Å². The maximum Gasteiger partial charge on any atom is 0.276 e. The van der Waals surface area contributed by atoms with E-state index in [1.807, 2.05) is 0 Å². The molecular weight excluding hydrogens is 459 g/mol. The van der Waals surface area contributed by atoms with Crippen LogP contribution in [0.25, 0.3) is 5.70 Å². The molecule has 0 bridgehead atoms. The molecule has 0 saturated carbocycles. The van der Waals surface area contributed by atoms with E-state index in [2.05, 4.69) is 49.3 Å². The van der Waals surface area contributed by atoms with Crippen LogP contribution < -0.4 is 20.3 Å². The number of halogens is 3. The van der Waals surface area contributed by atoms with E-state index in [0.29, 0.717) is 27.2 Å².